The van der Waals surface area contributed by atoms with Crippen molar-refractivity contribution in [1.82, 2.24) is 9.13 Å². The van der Waals surface area contributed by atoms with Gasteiger partial charge in [-0.3, -0.25) is 0 Å². The van der Waals surface area contributed by atoms with Gasteiger partial charge in [0, 0.05) is 38.8 Å². The Labute approximate surface area is 186 Å². The van der Waals surface area contributed by atoms with Crippen molar-refractivity contribution in [2.45, 2.75) is 12.8 Å². The van der Waals surface area contributed by atoms with Gasteiger partial charge in [0.05, 0.1) is 16.6 Å². The van der Waals surface area contributed by atoms with Crippen molar-refractivity contribution in [3.63, 3.8) is 0 Å². The van der Waals surface area contributed by atoms with Gasteiger partial charge in [-0.25, -0.2) is 0 Å². The Morgan fingerprint density at radius 3 is 2.06 bits per heavy atom. The molecular weight excluding hydrogens is 388 g/mol. The summed E-state index contributed by atoms with van der Waals surface area (Å²) in [6, 6.07) is 35.1. The van der Waals surface area contributed by atoms with Crippen LogP contribution in [0.3, 0.4) is 0 Å². The molecular formula is C30H22N2. The van der Waals surface area contributed by atoms with Crippen molar-refractivity contribution in [2.75, 3.05) is 0 Å². The Hall–Kier alpha value is -4.04. The number of nitrogens with zero attached hydrogens (tertiary/aromatic N) is 2. The molecule has 0 N–H and O–H groups in total. The summed E-state index contributed by atoms with van der Waals surface area (Å²) in [6.07, 6.45) is 6.77. The molecule has 152 valence electrons. The molecule has 0 aliphatic heterocycles. The van der Waals surface area contributed by atoms with E-state index < -0.39 is 0 Å². The Morgan fingerprint density at radius 1 is 0.531 bits per heavy atom. The molecule has 1 aliphatic carbocycles. The van der Waals surface area contributed by atoms with Crippen molar-refractivity contribution in [3.8, 4) is 11.4 Å². The number of hydrogen-bond donors (Lipinski definition) is 0. The highest BCUT2D eigenvalue weighted by Crippen LogP contribution is 2.37. The molecule has 1 aliphatic rings. The lowest BCUT2D eigenvalue weighted by molar-refractivity contribution is 0.889. The maximum absolute atomic E-state index is 2.47. The maximum Gasteiger partial charge on any atom is 0.0561 e. The molecule has 2 heteroatoms. The lowest BCUT2D eigenvalue weighted by atomic mass is 10.0. The number of rotatable bonds is 2. The standard InChI is InChI=1S/C30H22N2/c1-2-10-21(11-3-1)31-27-15-7-6-14-25(27)26-19-18-22(20-30(26)31)32-28-16-8-4-12-23(28)24-13-5-9-17-29(24)32/h1-8,10-16,18-20H,9,17H2. The van der Waals surface area contributed by atoms with E-state index in [1.54, 1.807) is 0 Å². The lowest BCUT2D eigenvalue weighted by Gasteiger charge is -2.14. The molecule has 4 aromatic carbocycles. The molecule has 0 saturated heterocycles. The Morgan fingerprint density at radius 2 is 1.22 bits per heavy atom. The first-order valence-corrected chi connectivity index (χ1v) is 11.3. The molecule has 2 nitrogen and oxygen atoms in total. The summed E-state index contributed by atoms with van der Waals surface area (Å²) in [4.78, 5) is 0. The first kappa shape index (κ1) is 17.6. The summed E-state index contributed by atoms with van der Waals surface area (Å²) in [5.74, 6) is 0. The van der Waals surface area contributed by atoms with E-state index in [1.807, 2.05) is 0 Å². The molecule has 0 unspecified atom stereocenters. The molecule has 0 fully saturated rings. The van der Waals surface area contributed by atoms with Gasteiger partial charge >= 0.3 is 0 Å². The first-order valence-electron chi connectivity index (χ1n) is 11.3. The second-order valence-electron chi connectivity index (χ2n) is 8.54. The van der Waals surface area contributed by atoms with E-state index in [1.165, 1.54) is 55.3 Å². The van der Waals surface area contributed by atoms with Crippen LogP contribution >= 0.6 is 0 Å². The van der Waals surface area contributed by atoms with E-state index in [4.69, 9.17) is 0 Å². The third-order valence-corrected chi connectivity index (χ3v) is 6.78. The van der Waals surface area contributed by atoms with Crippen molar-refractivity contribution < 1.29 is 0 Å². The van der Waals surface area contributed by atoms with Crippen LogP contribution in [0.1, 0.15) is 17.7 Å². The quantitative estimate of drug-likeness (QED) is 0.277. The van der Waals surface area contributed by atoms with E-state index >= 15 is 0 Å². The normalized spacial score (nSPS) is 13.2. The molecule has 0 saturated carbocycles. The number of para-hydroxylation sites is 3. The number of hydrogen-bond acceptors (Lipinski definition) is 0. The molecule has 0 atom stereocenters. The van der Waals surface area contributed by atoms with Crippen LogP contribution in [-0.4, -0.2) is 9.13 Å². The van der Waals surface area contributed by atoms with Crippen molar-refractivity contribution in [2.24, 2.45) is 0 Å². The summed E-state index contributed by atoms with van der Waals surface area (Å²) in [5, 5.41) is 3.92. The molecule has 32 heavy (non-hydrogen) atoms. The summed E-state index contributed by atoms with van der Waals surface area (Å²) < 4.78 is 4.87. The third kappa shape index (κ3) is 2.41. The minimum Gasteiger partial charge on any atom is -0.313 e. The SMILES string of the molecule is C1=Cc2c(n(-c3ccc4c5ccccc5n(-c5ccccc5)c4c3)c3ccccc23)CC1. The summed E-state index contributed by atoms with van der Waals surface area (Å²) in [7, 11) is 0. The zero-order valence-electron chi connectivity index (χ0n) is 17.7. The fraction of sp³-hybridized carbons (Fsp3) is 0.0667. The van der Waals surface area contributed by atoms with Gasteiger partial charge in [-0.15, -0.1) is 0 Å². The highest BCUT2D eigenvalue weighted by Gasteiger charge is 2.19. The number of fused-ring (bicyclic) bond motifs is 6. The molecule has 6 aromatic rings. The third-order valence-electron chi connectivity index (χ3n) is 6.78. The molecule has 2 heterocycles. The van der Waals surface area contributed by atoms with Crippen molar-refractivity contribution >= 4 is 38.8 Å². The van der Waals surface area contributed by atoms with Crippen LogP contribution in [0.25, 0.3) is 50.2 Å². The lowest BCUT2D eigenvalue weighted by Crippen LogP contribution is -2.03. The second kappa shape index (κ2) is 6.73. The number of benzene rings is 4. The summed E-state index contributed by atoms with van der Waals surface area (Å²) in [5.41, 5.74) is 8.97. The minimum atomic E-state index is 1.07. The van der Waals surface area contributed by atoms with E-state index in [9.17, 15) is 0 Å². The largest absolute Gasteiger partial charge is 0.313 e. The predicted octanol–water partition coefficient (Wildman–Crippen LogP) is 7.69. The molecule has 0 amide bonds. The fourth-order valence-corrected chi connectivity index (χ4v) is 5.42. The van der Waals surface area contributed by atoms with Gasteiger partial charge in [0.15, 0.2) is 0 Å². The topological polar surface area (TPSA) is 9.86 Å². The average Bonchev–Trinajstić information content (AvgIpc) is 3.37. The van der Waals surface area contributed by atoms with Gasteiger partial charge in [-0.1, -0.05) is 72.8 Å². The van der Waals surface area contributed by atoms with Crippen LogP contribution in [0, 0.1) is 0 Å². The van der Waals surface area contributed by atoms with E-state index in [0.29, 0.717) is 0 Å². The van der Waals surface area contributed by atoms with E-state index in [0.717, 1.165) is 12.8 Å². The summed E-state index contributed by atoms with van der Waals surface area (Å²) in [6.45, 7) is 0. The van der Waals surface area contributed by atoms with Crippen LogP contribution in [0.4, 0.5) is 0 Å². The first-order chi connectivity index (χ1) is 15.9. The highest BCUT2D eigenvalue weighted by molar-refractivity contribution is 6.10. The molecule has 7 rings (SSSR count). The van der Waals surface area contributed by atoms with Gasteiger partial charge in [-0.05, 0) is 49.2 Å². The molecule has 0 spiro atoms. The highest BCUT2D eigenvalue weighted by atomic mass is 15.0. The maximum atomic E-state index is 2.47. The smallest absolute Gasteiger partial charge is 0.0561 e. The van der Waals surface area contributed by atoms with Gasteiger partial charge < -0.3 is 9.13 Å². The molecule has 0 bridgehead atoms. The number of allylic oxidation sites excluding steroid dienone is 1. The van der Waals surface area contributed by atoms with Crippen LogP contribution < -0.4 is 0 Å². The van der Waals surface area contributed by atoms with E-state index in [2.05, 4.69) is 118 Å². The zero-order chi connectivity index (χ0) is 21.1. The van der Waals surface area contributed by atoms with Gasteiger partial charge in [0.1, 0.15) is 0 Å². The molecule has 0 radical (unpaired) electrons. The monoisotopic (exact) mass is 410 g/mol. The fourth-order valence-electron chi connectivity index (χ4n) is 5.42. The van der Waals surface area contributed by atoms with Gasteiger partial charge in [-0.2, -0.15) is 0 Å². The molecule has 2 aromatic heterocycles. The van der Waals surface area contributed by atoms with Crippen LogP contribution in [0.2, 0.25) is 0 Å². The average molecular weight is 411 g/mol. The Bertz CT molecular complexity index is 1660. The number of aromatic nitrogens is 2. The second-order valence-corrected chi connectivity index (χ2v) is 8.54. The van der Waals surface area contributed by atoms with Gasteiger partial charge in [0.2, 0.25) is 0 Å². The Balaban J connectivity index is 1.59. The minimum absolute atomic E-state index is 1.07. The van der Waals surface area contributed by atoms with Crippen molar-refractivity contribution in [1.29, 1.82) is 0 Å². The van der Waals surface area contributed by atoms with Crippen LogP contribution in [-0.2, 0) is 6.42 Å². The van der Waals surface area contributed by atoms with Crippen LogP contribution in [0.5, 0.6) is 0 Å². The Kier molecular flexibility index (Phi) is 3.71. The zero-order valence-corrected chi connectivity index (χ0v) is 17.7. The van der Waals surface area contributed by atoms with Crippen molar-refractivity contribution in [3.05, 3.63) is 114 Å². The van der Waals surface area contributed by atoms with Crippen LogP contribution in [0.15, 0.2) is 103 Å². The van der Waals surface area contributed by atoms with Gasteiger partial charge in [0.25, 0.3) is 0 Å². The predicted molar refractivity (Wildman–Crippen MR) is 135 cm³/mol. The summed E-state index contributed by atoms with van der Waals surface area (Å²) >= 11 is 0. The van der Waals surface area contributed by atoms with E-state index in [-0.39, 0.29) is 0 Å².